The SMILES string of the molecule is COc1ccccc1CC[NH2+]Cc1cc(=O)oc2cc(C)c(Cl)cc12. The monoisotopic (exact) mass is 358 g/mol. The number of rotatable bonds is 6. The summed E-state index contributed by atoms with van der Waals surface area (Å²) in [6, 6.07) is 13.3. The van der Waals surface area contributed by atoms with Gasteiger partial charge >= 0.3 is 5.63 Å². The van der Waals surface area contributed by atoms with Crippen LogP contribution >= 0.6 is 11.6 Å². The molecule has 0 bridgehead atoms. The molecule has 0 aliphatic rings. The van der Waals surface area contributed by atoms with E-state index in [0.717, 1.165) is 35.2 Å². The molecule has 0 saturated heterocycles. The zero-order chi connectivity index (χ0) is 17.8. The van der Waals surface area contributed by atoms with Gasteiger partial charge in [0.1, 0.15) is 17.9 Å². The lowest BCUT2D eigenvalue weighted by Gasteiger charge is -2.09. The second-order valence-corrected chi connectivity index (χ2v) is 6.44. The fraction of sp³-hybridized carbons (Fsp3) is 0.250. The Morgan fingerprint density at radius 1 is 1.16 bits per heavy atom. The average Bonchev–Trinajstić information content (AvgIpc) is 2.60. The lowest BCUT2D eigenvalue weighted by molar-refractivity contribution is -0.670. The largest absolute Gasteiger partial charge is 0.496 e. The van der Waals surface area contributed by atoms with E-state index in [2.05, 4.69) is 11.4 Å². The van der Waals surface area contributed by atoms with Gasteiger partial charge in [0.2, 0.25) is 0 Å². The van der Waals surface area contributed by atoms with Crippen molar-refractivity contribution in [3.8, 4) is 5.75 Å². The molecule has 0 spiro atoms. The fourth-order valence-corrected chi connectivity index (χ4v) is 3.11. The van der Waals surface area contributed by atoms with Gasteiger partial charge in [0.25, 0.3) is 0 Å². The molecule has 3 rings (SSSR count). The van der Waals surface area contributed by atoms with Crippen LogP contribution < -0.4 is 15.7 Å². The first-order valence-electron chi connectivity index (χ1n) is 8.25. The number of benzene rings is 2. The van der Waals surface area contributed by atoms with Crippen molar-refractivity contribution in [3.63, 3.8) is 0 Å². The molecule has 0 aliphatic carbocycles. The van der Waals surface area contributed by atoms with Crippen molar-refractivity contribution in [1.29, 1.82) is 0 Å². The van der Waals surface area contributed by atoms with Crippen LogP contribution in [0.2, 0.25) is 5.02 Å². The van der Waals surface area contributed by atoms with E-state index < -0.39 is 0 Å². The highest BCUT2D eigenvalue weighted by molar-refractivity contribution is 6.32. The maximum Gasteiger partial charge on any atom is 0.336 e. The molecule has 0 unspecified atom stereocenters. The third kappa shape index (κ3) is 4.03. The molecule has 25 heavy (non-hydrogen) atoms. The quantitative estimate of drug-likeness (QED) is 0.544. The van der Waals surface area contributed by atoms with E-state index in [1.54, 1.807) is 13.2 Å². The van der Waals surface area contributed by atoms with Crippen LogP contribution in [0.5, 0.6) is 5.75 Å². The van der Waals surface area contributed by atoms with Gasteiger partial charge in [0.05, 0.1) is 13.7 Å². The Morgan fingerprint density at radius 3 is 2.76 bits per heavy atom. The van der Waals surface area contributed by atoms with Gasteiger partial charge in [-0.3, -0.25) is 0 Å². The number of quaternary nitrogens is 1. The highest BCUT2D eigenvalue weighted by Crippen LogP contribution is 2.24. The normalized spacial score (nSPS) is 11.0. The van der Waals surface area contributed by atoms with Crippen molar-refractivity contribution >= 4 is 22.6 Å². The van der Waals surface area contributed by atoms with Crippen molar-refractivity contribution in [1.82, 2.24) is 0 Å². The Bertz CT molecular complexity index is 949. The summed E-state index contributed by atoms with van der Waals surface area (Å²) in [6.07, 6.45) is 0.892. The van der Waals surface area contributed by atoms with Crippen molar-refractivity contribution < 1.29 is 14.5 Å². The number of hydrogen-bond acceptors (Lipinski definition) is 3. The van der Waals surface area contributed by atoms with Gasteiger partial charge in [-0.15, -0.1) is 0 Å². The zero-order valence-corrected chi connectivity index (χ0v) is 15.1. The zero-order valence-electron chi connectivity index (χ0n) is 14.3. The van der Waals surface area contributed by atoms with Gasteiger partial charge in [-0.1, -0.05) is 29.8 Å². The number of para-hydroxylation sites is 1. The third-order valence-electron chi connectivity index (χ3n) is 4.28. The summed E-state index contributed by atoms with van der Waals surface area (Å²) < 4.78 is 10.7. The lowest BCUT2D eigenvalue weighted by Crippen LogP contribution is -2.83. The summed E-state index contributed by atoms with van der Waals surface area (Å²) in [4.78, 5) is 11.8. The van der Waals surface area contributed by atoms with Gasteiger partial charge < -0.3 is 14.5 Å². The van der Waals surface area contributed by atoms with Crippen LogP contribution in [0, 0.1) is 6.92 Å². The molecule has 0 amide bonds. The highest BCUT2D eigenvalue weighted by Gasteiger charge is 2.10. The standard InChI is InChI=1S/C20H20ClNO3/c1-13-9-19-16(11-17(13)21)15(10-20(23)25-19)12-22-8-7-14-5-3-4-6-18(14)24-2/h3-6,9-11,22H,7-8,12H2,1-2H3/p+1. The first-order valence-corrected chi connectivity index (χ1v) is 8.62. The molecular formula is C20H21ClNO3+. The van der Waals surface area contributed by atoms with Crippen molar-refractivity contribution in [3.05, 3.63) is 74.6 Å². The summed E-state index contributed by atoms with van der Waals surface area (Å²) in [7, 11) is 1.68. The maximum atomic E-state index is 11.8. The Hall–Kier alpha value is -2.30. The van der Waals surface area contributed by atoms with Crippen LogP contribution in [0.15, 0.2) is 51.7 Å². The predicted molar refractivity (Wildman–Crippen MR) is 99.4 cm³/mol. The second kappa shape index (κ2) is 7.72. The Balaban J connectivity index is 1.73. The summed E-state index contributed by atoms with van der Waals surface area (Å²) in [6.45, 7) is 3.48. The van der Waals surface area contributed by atoms with Gasteiger partial charge in [0.15, 0.2) is 0 Å². The molecule has 5 heteroatoms. The molecule has 0 aliphatic heterocycles. The van der Waals surface area contributed by atoms with Crippen molar-refractivity contribution in [2.24, 2.45) is 0 Å². The third-order valence-corrected chi connectivity index (χ3v) is 4.69. The van der Waals surface area contributed by atoms with Gasteiger partial charge in [0, 0.05) is 28.5 Å². The molecular weight excluding hydrogens is 338 g/mol. The molecule has 1 heterocycles. The number of aryl methyl sites for hydroxylation is 1. The average molecular weight is 359 g/mol. The molecule has 2 N–H and O–H groups in total. The molecule has 1 aromatic heterocycles. The fourth-order valence-electron chi connectivity index (χ4n) is 2.94. The Kier molecular flexibility index (Phi) is 5.41. The molecule has 0 fully saturated rings. The van der Waals surface area contributed by atoms with Crippen molar-refractivity contribution in [2.45, 2.75) is 19.9 Å². The number of halogens is 1. The molecule has 0 saturated carbocycles. The van der Waals surface area contributed by atoms with E-state index in [-0.39, 0.29) is 5.63 Å². The molecule has 2 aromatic carbocycles. The summed E-state index contributed by atoms with van der Waals surface area (Å²) >= 11 is 6.23. The maximum absolute atomic E-state index is 11.8. The van der Waals surface area contributed by atoms with Gasteiger partial charge in [-0.2, -0.15) is 0 Å². The van der Waals surface area contributed by atoms with Crippen molar-refractivity contribution in [2.75, 3.05) is 13.7 Å². The number of hydrogen-bond donors (Lipinski definition) is 1. The summed E-state index contributed by atoms with van der Waals surface area (Å²) in [5.41, 5.74) is 3.27. The highest BCUT2D eigenvalue weighted by atomic mass is 35.5. The van der Waals surface area contributed by atoms with Crippen LogP contribution in [0.25, 0.3) is 11.0 Å². The Morgan fingerprint density at radius 2 is 1.96 bits per heavy atom. The Labute approximate surface area is 151 Å². The number of ether oxygens (including phenoxy) is 1. The number of methoxy groups -OCH3 is 1. The molecule has 130 valence electrons. The lowest BCUT2D eigenvalue weighted by atomic mass is 10.1. The van der Waals surface area contributed by atoms with E-state index >= 15 is 0 Å². The smallest absolute Gasteiger partial charge is 0.336 e. The van der Waals surface area contributed by atoms with Crippen LogP contribution in [0.4, 0.5) is 0 Å². The van der Waals surface area contributed by atoms with Crippen LogP contribution in [-0.4, -0.2) is 13.7 Å². The van der Waals surface area contributed by atoms with E-state index in [1.807, 2.05) is 37.3 Å². The minimum absolute atomic E-state index is 0.331. The topological polar surface area (TPSA) is 56.0 Å². The van der Waals surface area contributed by atoms with Gasteiger partial charge in [-0.25, -0.2) is 4.79 Å². The predicted octanol–water partition coefficient (Wildman–Crippen LogP) is 3.07. The van der Waals surface area contributed by atoms with Crippen LogP contribution in [0.3, 0.4) is 0 Å². The first-order chi connectivity index (χ1) is 12.1. The first kappa shape index (κ1) is 17.5. The van der Waals surface area contributed by atoms with Crippen LogP contribution in [-0.2, 0) is 13.0 Å². The molecule has 3 aromatic rings. The number of fused-ring (bicyclic) bond motifs is 1. The van der Waals surface area contributed by atoms with Gasteiger partial charge in [-0.05, 0) is 36.2 Å². The van der Waals surface area contributed by atoms with Crippen LogP contribution in [0.1, 0.15) is 16.7 Å². The van der Waals surface area contributed by atoms with E-state index in [4.69, 9.17) is 20.8 Å². The second-order valence-electron chi connectivity index (χ2n) is 6.03. The number of nitrogens with two attached hydrogens (primary N) is 1. The van der Waals surface area contributed by atoms with E-state index in [1.165, 1.54) is 5.56 Å². The minimum Gasteiger partial charge on any atom is -0.496 e. The van der Waals surface area contributed by atoms with E-state index in [0.29, 0.717) is 17.2 Å². The summed E-state index contributed by atoms with van der Waals surface area (Å²) in [5.74, 6) is 0.906. The molecule has 4 nitrogen and oxygen atoms in total. The molecule has 0 atom stereocenters. The minimum atomic E-state index is -0.331. The van der Waals surface area contributed by atoms with E-state index in [9.17, 15) is 4.79 Å². The summed E-state index contributed by atoms with van der Waals surface area (Å²) in [5, 5.41) is 3.74. The molecule has 0 radical (unpaired) electrons.